The minimum absolute atomic E-state index is 0.273. The Morgan fingerprint density at radius 3 is 2.00 bits per heavy atom. The first-order valence-electron chi connectivity index (χ1n) is 4.84. The van der Waals surface area contributed by atoms with E-state index in [4.69, 9.17) is 0 Å². The topological polar surface area (TPSA) is 17.1 Å². The van der Waals surface area contributed by atoms with Crippen molar-refractivity contribution in [3.05, 3.63) is 68.8 Å². The van der Waals surface area contributed by atoms with Crippen molar-refractivity contribution in [1.82, 2.24) is 0 Å². The van der Waals surface area contributed by atoms with Gasteiger partial charge in [0.15, 0.2) is 5.78 Å². The monoisotopic (exact) mass is 344 g/mol. The predicted molar refractivity (Wildman–Crippen MR) is 68.9 cm³/mol. The molecule has 0 aromatic heterocycles. The molecule has 0 saturated heterocycles. The zero-order chi connectivity index (χ0) is 12.4. The molecule has 0 aliphatic heterocycles. The van der Waals surface area contributed by atoms with Crippen molar-refractivity contribution in [1.29, 1.82) is 0 Å². The van der Waals surface area contributed by atoms with Crippen molar-refractivity contribution in [2.75, 3.05) is 0 Å². The average Bonchev–Trinajstić information content (AvgIpc) is 2.29. The van der Waals surface area contributed by atoms with Crippen LogP contribution >= 0.6 is 22.6 Å². The Balaban J connectivity index is 2.47. The molecule has 86 valence electrons. The van der Waals surface area contributed by atoms with Crippen molar-refractivity contribution in [2.45, 2.75) is 0 Å². The molecular weight excluding hydrogens is 337 g/mol. The van der Waals surface area contributed by atoms with E-state index in [0.29, 0.717) is 0 Å². The molecule has 0 heterocycles. The Labute approximate surface area is 111 Å². The normalized spacial score (nSPS) is 10.3. The van der Waals surface area contributed by atoms with Crippen molar-refractivity contribution < 1.29 is 13.6 Å². The Morgan fingerprint density at radius 2 is 1.47 bits per heavy atom. The molecule has 0 saturated carbocycles. The molecule has 0 atom stereocenters. The van der Waals surface area contributed by atoms with Crippen molar-refractivity contribution >= 4 is 28.4 Å². The zero-order valence-electron chi connectivity index (χ0n) is 8.58. The van der Waals surface area contributed by atoms with Crippen LogP contribution in [0.2, 0.25) is 0 Å². The number of halogens is 3. The third kappa shape index (κ3) is 2.52. The summed E-state index contributed by atoms with van der Waals surface area (Å²) in [6, 6.07) is 9.91. The van der Waals surface area contributed by atoms with E-state index in [1.807, 2.05) is 0 Å². The molecule has 0 fully saturated rings. The number of benzene rings is 2. The lowest BCUT2D eigenvalue weighted by Crippen LogP contribution is -2.07. The maximum Gasteiger partial charge on any atom is 0.198 e. The highest BCUT2D eigenvalue weighted by Gasteiger charge is 2.18. The predicted octanol–water partition coefficient (Wildman–Crippen LogP) is 3.80. The molecule has 0 aliphatic rings. The van der Waals surface area contributed by atoms with Crippen LogP contribution in [0.3, 0.4) is 0 Å². The van der Waals surface area contributed by atoms with Gasteiger partial charge in [0, 0.05) is 9.13 Å². The maximum absolute atomic E-state index is 13.4. The lowest BCUT2D eigenvalue weighted by molar-refractivity contribution is 0.103. The van der Waals surface area contributed by atoms with Crippen LogP contribution in [0.1, 0.15) is 15.9 Å². The smallest absolute Gasteiger partial charge is 0.198 e. The lowest BCUT2D eigenvalue weighted by atomic mass is 10.0. The van der Waals surface area contributed by atoms with Gasteiger partial charge in [-0.2, -0.15) is 0 Å². The Hall–Kier alpha value is -1.30. The van der Waals surface area contributed by atoms with Crippen LogP contribution in [0.4, 0.5) is 8.78 Å². The summed E-state index contributed by atoms with van der Waals surface area (Å²) < 4.78 is 27.8. The molecule has 4 heteroatoms. The molecule has 2 aromatic carbocycles. The highest BCUT2D eigenvalue weighted by molar-refractivity contribution is 14.1. The first-order chi connectivity index (χ1) is 8.09. The van der Waals surface area contributed by atoms with Crippen molar-refractivity contribution in [2.24, 2.45) is 0 Å². The van der Waals surface area contributed by atoms with E-state index in [2.05, 4.69) is 22.6 Å². The van der Waals surface area contributed by atoms with E-state index in [1.165, 1.54) is 6.07 Å². The van der Waals surface area contributed by atoms with Crippen molar-refractivity contribution in [3.8, 4) is 0 Å². The van der Waals surface area contributed by atoms with Crippen molar-refractivity contribution in [3.63, 3.8) is 0 Å². The SMILES string of the molecule is O=C(c1ccc(I)cc1)c1c(F)cccc1F. The Bertz CT molecular complexity index is 544. The minimum Gasteiger partial charge on any atom is -0.288 e. The summed E-state index contributed by atoms with van der Waals surface area (Å²) in [6.45, 7) is 0. The number of carbonyl (C=O) groups is 1. The molecule has 0 spiro atoms. The summed E-state index contributed by atoms with van der Waals surface area (Å²) in [5.74, 6) is -2.32. The first-order valence-corrected chi connectivity index (χ1v) is 5.92. The summed E-state index contributed by atoms with van der Waals surface area (Å²) in [4.78, 5) is 11.9. The van der Waals surface area contributed by atoms with E-state index in [1.54, 1.807) is 24.3 Å². The maximum atomic E-state index is 13.4. The molecule has 0 amide bonds. The second kappa shape index (κ2) is 4.91. The van der Waals surface area contributed by atoms with Crippen LogP contribution < -0.4 is 0 Å². The molecule has 2 rings (SSSR count). The van der Waals surface area contributed by atoms with E-state index >= 15 is 0 Å². The second-order valence-electron chi connectivity index (χ2n) is 3.43. The molecule has 1 nitrogen and oxygen atoms in total. The summed E-state index contributed by atoms with van der Waals surface area (Å²) in [5, 5.41) is 0. The van der Waals surface area contributed by atoms with E-state index in [9.17, 15) is 13.6 Å². The van der Waals surface area contributed by atoms with Gasteiger partial charge in [0.1, 0.15) is 11.6 Å². The number of hydrogen-bond acceptors (Lipinski definition) is 1. The Kier molecular flexibility index (Phi) is 3.51. The van der Waals surface area contributed by atoms with E-state index < -0.39 is 23.0 Å². The van der Waals surface area contributed by atoms with Crippen LogP contribution in [0.25, 0.3) is 0 Å². The highest BCUT2D eigenvalue weighted by atomic mass is 127. The molecule has 0 unspecified atom stereocenters. The third-order valence-electron chi connectivity index (χ3n) is 2.30. The van der Waals surface area contributed by atoms with E-state index in [-0.39, 0.29) is 5.56 Å². The van der Waals surface area contributed by atoms with Crippen LogP contribution in [0, 0.1) is 15.2 Å². The minimum atomic E-state index is -0.839. The zero-order valence-corrected chi connectivity index (χ0v) is 10.7. The molecule has 2 aromatic rings. The quantitative estimate of drug-likeness (QED) is 0.598. The standard InChI is InChI=1S/C13H7F2IO/c14-10-2-1-3-11(15)12(10)13(17)8-4-6-9(16)7-5-8/h1-7H. The van der Waals surface area contributed by atoms with E-state index in [0.717, 1.165) is 15.7 Å². The van der Waals surface area contributed by atoms with Gasteiger partial charge in [-0.05, 0) is 59.0 Å². The fourth-order valence-corrected chi connectivity index (χ4v) is 1.82. The second-order valence-corrected chi connectivity index (χ2v) is 4.68. The largest absolute Gasteiger partial charge is 0.288 e. The van der Waals surface area contributed by atoms with Gasteiger partial charge in [0.25, 0.3) is 0 Å². The number of hydrogen-bond donors (Lipinski definition) is 0. The molecule has 0 N–H and O–H groups in total. The van der Waals surface area contributed by atoms with Gasteiger partial charge < -0.3 is 0 Å². The van der Waals surface area contributed by atoms with Gasteiger partial charge >= 0.3 is 0 Å². The Morgan fingerprint density at radius 1 is 0.941 bits per heavy atom. The van der Waals surface area contributed by atoms with Gasteiger partial charge in [-0.3, -0.25) is 4.79 Å². The summed E-state index contributed by atoms with van der Waals surface area (Å²) in [5.41, 5.74) is -0.233. The molecule has 0 bridgehead atoms. The average molecular weight is 344 g/mol. The summed E-state index contributed by atoms with van der Waals surface area (Å²) in [6.07, 6.45) is 0. The fourth-order valence-electron chi connectivity index (χ4n) is 1.46. The first kappa shape index (κ1) is 12.2. The number of rotatable bonds is 2. The van der Waals surface area contributed by atoms with Gasteiger partial charge in [-0.15, -0.1) is 0 Å². The third-order valence-corrected chi connectivity index (χ3v) is 3.02. The summed E-state index contributed by atoms with van der Waals surface area (Å²) >= 11 is 2.09. The highest BCUT2D eigenvalue weighted by Crippen LogP contribution is 2.17. The molecular formula is C13H7F2IO. The van der Waals surface area contributed by atoms with Crippen LogP contribution in [0.15, 0.2) is 42.5 Å². The molecule has 17 heavy (non-hydrogen) atoms. The van der Waals surface area contributed by atoms with Gasteiger partial charge in [-0.25, -0.2) is 8.78 Å². The summed E-state index contributed by atoms with van der Waals surface area (Å²) in [7, 11) is 0. The van der Waals surface area contributed by atoms with Gasteiger partial charge in [0.2, 0.25) is 0 Å². The lowest BCUT2D eigenvalue weighted by Gasteiger charge is -2.04. The van der Waals surface area contributed by atoms with Crippen LogP contribution in [-0.2, 0) is 0 Å². The number of carbonyl (C=O) groups excluding carboxylic acids is 1. The van der Waals surface area contributed by atoms with Crippen LogP contribution in [0.5, 0.6) is 0 Å². The van der Waals surface area contributed by atoms with Crippen LogP contribution in [-0.4, -0.2) is 5.78 Å². The van der Waals surface area contributed by atoms with Gasteiger partial charge in [0.05, 0.1) is 5.56 Å². The van der Waals surface area contributed by atoms with Gasteiger partial charge in [-0.1, -0.05) is 6.07 Å². The molecule has 0 aliphatic carbocycles. The number of ketones is 1. The fraction of sp³-hybridized carbons (Fsp3) is 0. The molecule has 0 radical (unpaired) electrons.